The first-order chi connectivity index (χ1) is 8.72. The molecule has 0 aromatic heterocycles. The van der Waals surface area contributed by atoms with Crippen molar-refractivity contribution in [3.8, 4) is 0 Å². The molecule has 0 saturated carbocycles. The maximum absolute atomic E-state index is 5.73. The highest BCUT2D eigenvalue weighted by molar-refractivity contribution is 5.77. The van der Waals surface area contributed by atoms with Crippen LogP contribution in [0.5, 0.6) is 0 Å². The van der Waals surface area contributed by atoms with Gasteiger partial charge >= 0.3 is 0 Å². The third-order valence-electron chi connectivity index (χ3n) is 3.59. The van der Waals surface area contributed by atoms with Gasteiger partial charge in [0.25, 0.3) is 0 Å². The third kappa shape index (κ3) is 6.84. The van der Waals surface area contributed by atoms with E-state index in [-0.39, 0.29) is 0 Å². The predicted molar refractivity (Wildman–Crippen MR) is 78.9 cm³/mol. The highest BCUT2D eigenvalue weighted by Gasteiger charge is 2.14. The normalized spacial score (nSPS) is 19.1. The summed E-state index contributed by atoms with van der Waals surface area (Å²) in [6.07, 6.45) is 6.22. The first-order valence-corrected chi connectivity index (χ1v) is 7.48. The fourth-order valence-electron chi connectivity index (χ4n) is 2.25. The lowest BCUT2D eigenvalue weighted by molar-refractivity contribution is 0.189. The molecule has 0 spiro atoms. The third-order valence-corrected chi connectivity index (χ3v) is 3.59. The molecule has 0 aromatic rings. The number of aliphatic imine (C=N–C) groups is 1. The maximum atomic E-state index is 5.73. The molecule has 0 aromatic carbocycles. The van der Waals surface area contributed by atoms with Crippen LogP contribution in [0.3, 0.4) is 0 Å². The molecule has 3 N–H and O–H groups in total. The molecular formula is C14H30N4. The average molecular weight is 254 g/mol. The Hall–Kier alpha value is -0.770. The molecule has 0 amide bonds. The van der Waals surface area contributed by atoms with E-state index < -0.39 is 0 Å². The summed E-state index contributed by atoms with van der Waals surface area (Å²) >= 11 is 0. The van der Waals surface area contributed by atoms with Gasteiger partial charge in [0.05, 0.1) is 0 Å². The van der Waals surface area contributed by atoms with E-state index in [0.29, 0.717) is 5.96 Å². The molecule has 1 fully saturated rings. The van der Waals surface area contributed by atoms with Crippen LogP contribution in [0, 0.1) is 5.92 Å². The molecule has 0 atom stereocenters. The zero-order chi connectivity index (χ0) is 13.2. The van der Waals surface area contributed by atoms with Crippen molar-refractivity contribution in [3.05, 3.63) is 0 Å². The predicted octanol–water partition coefficient (Wildman–Crippen LogP) is 1.81. The van der Waals surface area contributed by atoms with Crippen LogP contribution in [-0.4, -0.2) is 43.6 Å². The molecule has 1 aliphatic rings. The van der Waals surface area contributed by atoms with E-state index in [0.717, 1.165) is 25.4 Å². The van der Waals surface area contributed by atoms with E-state index in [9.17, 15) is 0 Å². The van der Waals surface area contributed by atoms with Crippen LogP contribution in [0.2, 0.25) is 0 Å². The molecule has 1 saturated heterocycles. The molecule has 0 aliphatic carbocycles. The molecule has 0 radical (unpaired) electrons. The van der Waals surface area contributed by atoms with E-state index in [2.05, 4.69) is 29.1 Å². The van der Waals surface area contributed by atoms with Gasteiger partial charge in [-0.1, -0.05) is 13.8 Å². The number of hydrogen-bond donors (Lipinski definition) is 2. The molecule has 106 valence electrons. The van der Waals surface area contributed by atoms with E-state index in [1.54, 1.807) is 0 Å². The van der Waals surface area contributed by atoms with Gasteiger partial charge in [0.1, 0.15) is 0 Å². The Morgan fingerprint density at radius 1 is 1.33 bits per heavy atom. The summed E-state index contributed by atoms with van der Waals surface area (Å²) in [7, 11) is 0. The van der Waals surface area contributed by atoms with Crippen LogP contribution in [0.4, 0.5) is 0 Å². The number of nitrogens with zero attached hydrogens (tertiary/aromatic N) is 2. The summed E-state index contributed by atoms with van der Waals surface area (Å²) in [6.45, 7) is 10.0. The van der Waals surface area contributed by atoms with Gasteiger partial charge in [-0.2, -0.15) is 0 Å². The molecule has 18 heavy (non-hydrogen) atoms. The summed E-state index contributed by atoms with van der Waals surface area (Å²) in [4.78, 5) is 6.80. The van der Waals surface area contributed by atoms with Gasteiger partial charge in [-0.05, 0) is 57.7 Å². The quantitative estimate of drug-likeness (QED) is 0.414. The van der Waals surface area contributed by atoms with Crippen molar-refractivity contribution in [1.82, 2.24) is 10.2 Å². The molecule has 0 bridgehead atoms. The Balaban J connectivity index is 1.95. The second-order valence-corrected chi connectivity index (χ2v) is 5.43. The summed E-state index contributed by atoms with van der Waals surface area (Å²) in [6, 6.07) is 0. The van der Waals surface area contributed by atoms with Crippen LogP contribution in [0.25, 0.3) is 0 Å². The number of nitrogens with two attached hydrogens (primary N) is 1. The van der Waals surface area contributed by atoms with E-state index in [1.807, 2.05) is 0 Å². The standard InChI is InChI=1S/C14H30N4/c1-3-8-16-14(15)17-9-4-5-10-18-11-6-13(2)7-12-18/h13H,3-12H2,1-2H3,(H3,15,16,17). The average Bonchev–Trinajstić information content (AvgIpc) is 2.38. The van der Waals surface area contributed by atoms with Crippen molar-refractivity contribution < 1.29 is 0 Å². The first kappa shape index (κ1) is 15.3. The summed E-state index contributed by atoms with van der Waals surface area (Å²) in [5, 5.41) is 3.17. The Labute approximate surface area is 112 Å². The zero-order valence-electron chi connectivity index (χ0n) is 12.1. The minimum Gasteiger partial charge on any atom is -0.370 e. The zero-order valence-corrected chi connectivity index (χ0v) is 12.1. The van der Waals surface area contributed by atoms with Crippen molar-refractivity contribution in [2.24, 2.45) is 16.6 Å². The number of guanidine groups is 1. The van der Waals surface area contributed by atoms with Crippen molar-refractivity contribution in [2.45, 2.75) is 46.0 Å². The van der Waals surface area contributed by atoms with Crippen molar-refractivity contribution in [1.29, 1.82) is 0 Å². The van der Waals surface area contributed by atoms with Crippen molar-refractivity contribution in [3.63, 3.8) is 0 Å². The Morgan fingerprint density at radius 3 is 2.72 bits per heavy atom. The highest BCUT2D eigenvalue weighted by Crippen LogP contribution is 2.15. The number of nitrogens with one attached hydrogen (secondary N) is 1. The fourth-order valence-corrected chi connectivity index (χ4v) is 2.25. The van der Waals surface area contributed by atoms with E-state index >= 15 is 0 Å². The molecule has 4 heteroatoms. The van der Waals surface area contributed by atoms with Crippen molar-refractivity contribution in [2.75, 3.05) is 32.7 Å². The summed E-state index contributed by atoms with van der Waals surface area (Å²) < 4.78 is 0. The van der Waals surface area contributed by atoms with Gasteiger partial charge in [0, 0.05) is 13.1 Å². The molecular weight excluding hydrogens is 224 g/mol. The lowest BCUT2D eigenvalue weighted by Gasteiger charge is -2.30. The SMILES string of the molecule is CCCN=C(N)NCCCCN1CCC(C)CC1. The van der Waals surface area contributed by atoms with E-state index in [1.165, 1.54) is 45.3 Å². The Kier molecular flexibility index (Phi) is 7.81. The largest absolute Gasteiger partial charge is 0.370 e. The Morgan fingerprint density at radius 2 is 2.06 bits per heavy atom. The van der Waals surface area contributed by atoms with Crippen LogP contribution >= 0.6 is 0 Å². The number of piperidine rings is 1. The van der Waals surface area contributed by atoms with Gasteiger partial charge < -0.3 is 16.0 Å². The number of rotatable bonds is 7. The molecule has 1 rings (SSSR count). The van der Waals surface area contributed by atoms with Gasteiger partial charge in [-0.3, -0.25) is 4.99 Å². The highest BCUT2D eigenvalue weighted by atomic mass is 15.1. The minimum absolute atomic E-state index is 0.601. The van der Waals surface area contributed by atoms with Crippen molar-refractivity contribution >= 4 is 5.96 Å². The number of likely N-dealkylation sites (tertiary alicyclic amines) is 1. The molecule has 1 aliphatic heterocycles. The van der Waals surface area contributed by atoms with Crippen LogP contribution in [-0.2, 0) is 0 Å². The van der Waals surface area contributed by atoms with Crippen LogP contribution < -0.4 is 11.1 Å². The number of hydrogen-bond acceptors (Lipinski definition) is 2. The molecule has 4 nitrogen and oxygen atoms in total. The minimum atomic E-state index is 0.601. The molecule has 0 unspecified atom stereocenters. The second-order valence-electron chi connectivity index (χ2n) is 5.43. The smallest absolute Gasteiger partial charge is 0.188 e. The Bertz CT molecular complexity index is 232. The lowest BCUT2D eigenvalue weighted by Crippen LogP contribution is -2.35. The van der Waals surface area contributed by atoms with Crippen LogP contribution in [0.1, 0.15) is 46.0 Å². The van der Waals surface area contributed by atoms with Gasteiger partial charge in [-0.15, -0.1) is 0 Å². The second kappa shape index (κ2) is 9.20. The first-order valence-electron chi connectivity index (χ1n) is 7.48. The monoisotopic (exact) mass is 254 g/mol. The summed E-state index contributed by atoms with van der Waals surface area (Å²) in [5.74, 6) is 1.53. The van der Waals surface area contributed by atoms with Gasteiger partial charge in [0.15, 0.2) is 5.96 Å². The maximum Gasteiger partial charge on any atom is 0.188 e. The number of unbranched alkanes of at least 4 members (excludes halogenated alkanes) is 1. The van der Waals surface area contributed by atoms with Gasteiger partial charge in [-0.25, -0.2) is 0 Å². The molecule has 1 heterocycles. The van der Waals surface area contributed by atoms with Crippen LogP contribution in [0.15, 0.2) is 4.99 Å². The topological polar surface area (TPSA) is 53.6 Å². The van der Waals surface area contributed by atoms with E-state index in [4.69, 9.17) is 5.73 Å². The summed E-state index contributed by atoms with van der Waals surface area (Å²) in [5.41, 5.74) is 5.73. The van der Waals surface area contributed by atoms with Gasteiger partial charge in [0.2, 0.25) is 0 Å². The lowest BCUT2D eigenvalue weighted by atomic mass is 9.99. The fraction of sp³-hybridized carbons (Fsp3) is 0.929.